The minimum Gasteiger partial charge on any atom is -0.293 e. The summed E-state index contributed by atoms with van der Waals surface area (Å²) in [6.45, 7) is 3.43. The fourth-order valence-electron chi connectivity index (χ4n) is 2.91. The van der Waals surface area contributed by atoms with Crippen LogP contribution in [-0.4, -0.2) is 28.2 Å². The van der Waals surface area contributed by atoms with E-state index in [1.807, 2.05) is 6.20 Å². The van der Waals surface area contributed by atoms with Gasteiger partial charge in [-0.2, -0.15) is 5.10 Å². The summed E-state index contributed by atoms with van der Waals surface area (Å²) in [5.74, 6) is 0. The van der Waals surface area contributed by atoms with E-state index in [-0.39, 0.29) is 0 Å². The third kappa shape index (κ3) is 2.05. The number of hydrogen-bond donors (Lipinski definition) is 1. The van der Waals surface area contributed by atoms with Crippen molar-refractivity contribution in [3.63, 3.8) is 0 Å². The predicted octanol–water partition coefficient (Wildman–Crippen LogP) is 2.49. The molecule has 0 saturated heterocycles. The minimum atomic E-state index is 1.02. The molecule has 0 spiro atoms. The summed E-state index contributed by atoms with van der Waals surface area (Å²) in [7, 11) is 0. The molecule has 2 heterocycles. The van der Waals surface area contributed by atoms with Crippen LogP contribution in [0.25, 0.3) is 0 Å². The molecule has 3 rings (SSSR count). The molecular weight excluding hydrogens is 198 g/mol. The molecular formula is C13H19N3. The lowest BCUT2D eigenvalue weighted by Gasteiger charge is -2.33. The van der Waals surface area contributed by atoms with Crippen LogP contribution < -0.4 is 0 Å². The number of aromatic amines is 1. The minimum absolute atomic E-state index is 1.02. The van der Waals surface area contributed by atoms with Gasteiger partial charge in [0.1, 0.15) is 0 Å². The first kappa shape index (κ1) is 10.1. The highest BCUT2D eigenvalue weighted by Gasteiger charge is 2.21. The van der Waals surface area contributed by atoms with Gasteiger partial charge in [-0.05, 0) is 38.2 Å². The standard InChI is InChI=1S/C13H19N3/c1-2-4-12-9-16(8-6-11(12)3-1)10-13-5-7-14-15-13/h5,7H,1-4,6,8-10H2,(H,14,15). The average molecular weight is 217 g/mol. The van der Waals surface area contributed by atoms with Gasteiger partial charge in [-0.3, -0.25) is 10.00 Å². The van der Waals surface area contributed by atoms with Crippen molar-refractivity contribution in [3.05, 3.63) is 29.1 Å². The van der Waals surface area contributed by atoms with Crippen molar-refractivity contribution in [2.45, 2.75) is 38.6 Å². The van der Waals surface area contributed by atoms with Crippen LogP contribution >= 0.6 is 0 Å². The van der Waals surface area contributed by atoms with E-state index in [1.54, 1.807) is 11.1 Å². The summed E-state index contributed by atoms with van der Waals surface area (Å²) < 4.78 is 0. The zero-order chi connectivity index (χ0) is 10.8. The van der Waals surface area contributed by atoms with Crippen LogP contribution in [0.1, 0.15) is 37.8 Å². The van der Waals surface area contributed by atoms with Crippen molar-refractivity contribution in [2.24, 2.45) is 0 Å². The van der Waals surface area contributed by atoms with Crippen LogP contribution in [0.2, 0.25) is 0 Å². The van der Waals surface area contributed by atoms with Crippen molar-refractivity contribution in [1.29, 1.82) is 0 Å². The highest BCUT2D eigenvalue weighted by molar-refractivity contribution is 5.21. The van der Waals surface area contributed by atoms with E-state index in [2.05, 4.69) is 21.2 Å². The zero-order valence-corrected chi connectivity index (χ0v) is 9.71. The van der Waals surface area contributed by atoms with E-state index in [4.69, 9.17) is 0 Å². The van der Waals surface area contributed by atoms with E-state index in [0.29, 0.717) is 0 Å². The highest BCUT2D eigenvalue weighted by Crippen LogP contribution is 2.31. The smallest absolute Gasteiger partial charge is 0.0492 e. The van der Waals surface area contributed by atoms with Gasteiger partial charge in [0.15, 0.2) is 0 Å². The summed E-state index contributed by atoms with van der Waals surface area (Å²) in [5.41, 5.74) is 4.74. The van der Waals surface area contributed by atoms with Gasteiger partial charge in [0.05, 0.1) is 0 Å². The fourth-order valence-corrected chi connectivity index (χ4v) is 2.91. The van der Waals surface area contributed by atoms with E-state index < -0.39 is 0 Å². The Balaban J connectivity index is 1.66. The van der Waals surface area contributed by atoms with Crippen LogP contribution in [0.5, 0.6) is 0 Å². The zero-order valence-electron chi connectivity index (χ0n) is 9.71. The summed E-state index contributed by atoms with van der Waals surface area (Å²) in [4.78, 5) is 2.54. The molecule has 1 aromatic heterocycles. The molecule has 0 bridgehead atoms. The predicted molar refractivity (Wildman–Crippen MR) is 64.0 cm³/mol. The van der Waals surface area contributed by atoms with Gasteiger partial charge in [0.2, 0.25) is 0 Å². The average Bonchev–Trinajstić information content (AvgIpc) is 2.82. The second-order valence-electron chi connectivity index (χ2n) is 4.96. The quantitative estimate of drug-likeness (QED) is 0.772. The maximum absolute atomic E-state index is 4.01. The molecule has 16 heavy (non-hydrogen) atoms. The summed E-state index contributed by atoms with van der Waals surface area (Å²) in [6.07, 6.45) is 8.66. The number of H-pyrrole nitrogens is 1. The number of nitrogens with one attached hydrogen (secondary N) is 1. The van der Waals surface area contributed by atoms with Crippen LogP contribution in [0.4, 0.5) is 0 Å². The first-order valence-electron chi connectivity index (χ1n) is 6.32. The topological polar surface area (TPSA) is 31.9 Å². The fraction of sp³-hybridized carbons (Fsp3) is 0.615. The summed E-state index contributed by atoms with van der Waals surface area (Å²) >= 11 is 0. The number of hydrogen-bond acceptors (Lipinski definition) is 2. The Hall–Kier alpha value is -1.09. The van der Waals surface area contributed by atoms with Crippen LogP contribution in [0.15, 0.2) is 23.4 Å². The maximum Gasteiger partial charge on any atom is 0.0492 e. The second-order valence-corrected chi connectivity index (χ2v) is 4.96. The first-order valence-corrected chi connectivity index (χ1v) is 6.32. The molecule has 1 aliphatic carbocycles. The van der Waals surface area contributed by atoms with Crippen molar-refractivity contribution in [1.82, 2.24) is 15.1 Å². The highest BCUT2D eigenvalue weighted by atomic mass is 15.2. The Kier molecular flexibility index (Phi) is 2.79. The van der Waals surface area contributed by atoms with Gasteiger partial charge in [0.25, 0.3) is 0 Å². The van der Waals surface area contributed by atoms with Gasteiger partial charge < -0.3 is 0 Å². The molecule has 86 valence electrons. The molecule has 0 fully saturated rings. The normalized spacial score (nSPS) is 22.2. The Morgan fingerprint density at radius 2 is 2.06 bits per heavy atom. The monoisotopic (exact) mass is 217 g/mol. The molecule has 2 aliphatic rings. The number of nitrogens with zero attached hydrogens (tertiary/aromatic N) is 2. The molecule has 1 N–H and O–H groups in total. The Morgan fingerprint density at radius 3 is 2.88 bits per heavy atom. The Bertz CT molecular complexity index is 378. The van der Waals surface area contributed by atoms with Gasteiger partial charge in [0, 0.05) is 31.5 Å². The molecule has 3 heteroatoms. The van der Waals surface area contributed by atoms with Crippen LogP contribution in [0, 0.1) is 0 Å². The molecule has 0 unspecified atom stereocenters. The molecule has 1 aromatic rings. The van der Waals surface area contributed by atoms with Crippen molar-refractivity contribution in [3.8, 4) is 0 Å². The second kappa shape index (κ2) is 4.42. The van der Waals surface area contributed by atoms with E-state index in [0.717, 1.165) is 6.54 Å². The summed E-state index contributed by atoms with van der Waals surface area (Å²) in [6, 6.07) is 2.07. The summed E-state index contributed by atoms with van der Waals surface area (Å²) in [5, 5.41) is 7.05. The Labute approximate surface area is 96.5 Å². The van der Waals surface area contributed by atoms with Crippen molar-refractivity contribution >= 4 is 0 Å². The van der Waals surface area contributed by atoms with Gasteiger partial charge >= 0.3 is 0 Å². The molecule has 0 atom stereocenters. The van der Waals surface area contributed by atoms with Crippen LogP contribution in [0.3, 0.4) is 0 Å². The molecule has 0 aromatic carbocycles. The third-order valence-corrected chi connectivity index (χ3v) is 3.80. The van der Waals surface area contributed by atoms with Crippen molar-refractivity contribution in [2.75, 3.05) is 13.1 Å². The number of rotatable bonds is 2. The lowest BCUT2D eigenvalue weighted by molar-refractivity contribution is 0.263. The molecule has 0 amide bonds. The van der Waals surface area contributed by atoms with Crippen LogP contribution in [-0.2, 0) is 6.54 Å². The molecule has 3 nitrogen and oxygen atoms in total. The molecule has 1 aliphatic heterocycles. The Morgan fingerprint density at radius 1 is 1.19 bits per heavy atom. The van der Waals surface area contributed by atoms with E-state index in [1.165, 1.54) is 50.9 Å². The van der Waals surface area contributed by atoms with Gasteiger partial charge in [-0.25, -0.2) is 0 Å². The van der Waals surface area contributed by atoms with Gasteiger partial charge in [-0.1, -0.05) is 11.1 Å². The lowest BCUT2D eigenvalue weighted by atomic mass is 9.87. The SMILES string of the molecule is c1cc(CN2CCC3=C(CCCC3)C2)[nH]n1. The first-order chi connectivity index (χ1) is 7.92. The van der Waals surface area contributed by atoms with E-state index >= 15 is 0 Å². The third-order valence-electron chi connectivity index (χ3n) is 3.80. The van der Waals surface area contributed by atoms with E-state index in [9.17, 15) is 0 Å². The number of aromatic nitrogens is 2. The lowest BCUT2D eigenvalue weighted by Crippen LogP contribution is -2.32. The molecule has 0 saturated carbocycles. The van der Waals surface area contributed by atoms with Crippen molar-refractivity contribution < 1.29 is 0 Å². The maximum atomic E-state index is 4.01. The largest absolute Gasteiger partial charge is 0.293 e. The molecule has 0 radical (unpaired) electrons. The van der Waals surface area contributed by atoms with Gasteiger partial charge in [-0.15, -0.1) is 0 Å².